The number of nitrogens with zero attached hydrogens (tertiary/aromatic N) is 2. The van der Waals surface area contributed by atoms with Crippen LogP contribution >= 0.6 is 0 Å². The normalized spacial score (nSPS) is 10.2. The van der Waals surface area contributed by atoms with Gasteiger partial charge in [0.2, 0.25) is 0 Å². The number of rotatable bonds is 4. The van der Waals surface area contributed by atoms with Gasteiger partial charge in [-0.05, 0) is 31.5 Å². The number of benzene rings is 1. The maximum Gasteiger partial charge on any atom is 0.130 e. The molecule has 0 saturated carbocycles. The van der Waals surface area contributed by atoms with Gasteiger partial charge in [-0.2, -0.15) is 0 Å². The van der Waals surface area contributed by atoms with Crippen molar-refractivity contribution < 1.29 is 4.74 Å². The molecule has 0 saturated heterocycles. The third kappa shape index (κ3) is 3.20. The largest absolute Gasteiger partial charge is 0.497 e. The summed E-state index contributed by atoms with van der Waals surface area (Å²) in [5.74, 6) is 2.51. The minimum absolute atomic E-state index is 0.736. The molecular weight excluding hydrogens is 226 g/mol. The van der Waals surface area contributed by atoms with Crippen LogP contribution in [0.4, 0.5) is 5.82 Å². The summed E-state index contributed by atoms with van der Waals surface area (Å²) < 4.78 is 5.12. The molecule has 1 N–H and O–H groups in total. The number of anilines is 1. The van der Waals surface area contributed by atoms with Gasteiger partial charge in [0.1, 0.15) is 17.4 Å². The highest BCUT2D eigenvalue weighted by Crippen LogP contribution is 2.13. The smallest absolute Gasteiger partial charge is 0.130 e. The molecule has 0 amide bonds. The zero-order valence-electron chi connectivity index (χ0n) is 10.9. The third-order valence-corrected chi connectivity index (χ3v) is 2.60. The predicted molar refractivity (Wildman–Crippen MR) is 71.8 cm³/mol. The van der Waals surface area contributed by atoms with E-state index in [-0.39, 0.29) is 0 Å². The Bertz CT molecular complexity index is 503. The zero-order valence-corrected chi connectivity index (χ0v) is 10.9. The van der Waals surface area contributed by atoms with Crippen LogP contribution in [0.5, 0.6) is 5.75 Å². The van der Waals surface area contributed by atoms with E-state index in [1.165, 1.54) is 5.56 Å². The van der Waals surface area contributed by atoms with E-state index in [1.807, 2.05) is 44.2 Å². The average Bonchev–Trinajstić information content (AvgIpc) is 2.36. The molecule has 2 rings (SSSR count). The van der Waals surface area contributed by atoms with Crippen molar-refractivity contribution in [3.8, 4) is 5.75 Å². The van der Waals surface area contributed by atoms with Gasteiger partial charge in [0, 0.05) is 18.3 Å². The van der Waals surface area contributed by atoms with Crippen molar-refractivity contribution in [3.05, 3.63) is 47.4 Å². The molecule has 0 aliphatic rings. The first-order valence-electron chi connectivity index (χ1n) is 5.86. The van der Waals surface area contributed by atoms with E-state index in [4.69, 9.17) is 4.74 Å². The second-order valence-corrected chi connectivity index (χ2v) is 4.14. The Balaban J connectivity index is 2.01. The van der Waals surface area contributed by atoms with E-state index in [0.29, 0.717) is 0 Å². The van der Waals surface area contributed by atoms with Crippen molar-refractivity contribution in [2.45, 2.75) is 20.4 Å². The van der Waals surface area contributed by atoms with Crippen LogP contribution in [0, 0.1) is 13.8 Å². The number of ether oxygens (including phenoxy) is 1. The summed E-state index contributed by atoms with van der Waals surface area (Å²) in [7, 11) is 1.67. The summed E-state index contributed by atoms with van der Waals surface area (Å²) >= 11 is 0. The van der Waals surface area contributed by atoms with Gasteiger partial charge in [-0.25, -0.2) is 9.97 Å². The molecule has 0 bridgehead atoms. The number of aryl methyl sites for hydroxylation is 2. The summed E-state index contributed by atoms with van der Waals surface area (Å²) in [4.78, 5) is 8.58. The van der Waals surface area contributed by atoms with Crippen LogP contribution in [-0.2, 0) is 6.54 Å². The first kappa shape index (κ1) is 12.4. The Morgan fingerprint density at radius 3 is 2.44 bits per heavy atom. The van der Waals surface area contributed by atoms with Crippen molar-refractivity contribution in [1.29, 1.82) is 0 Å². The quantitative estimate of drug-likeness (QED) is 0.897. The molecule has 4 heteroatoms. The van der Waals surface area contributed by atoms with E-state index in [1.54, 1.807) is 7.11 Å². The van der Waals surface area contributed by atoms with Crippen LogP contribution < -0.4 is 10.1 Å². The number of hydrogen-bond acceptors (Lipinski definition) is 4. The van der Waals surface area contributed by atoms with Crippen LogP contribution in [0.25, 0.3) is 0 Å². The van der Waals surface area contributed by atoms with Crippen LogP contribution in [0.15, 0.2) is 30.3 Å². The third-order valence-electron chi connectivity index (χ3n) is 2.60. The van der Waals surface area contributed by atoms with Crippen molar-refractivity contribution in [3.63, 3.8) is 0 Å². The summed E-state index contributed by atoms with van der Waals surface area (Å²) in [6, 6.07) is 9.91. The highest BCUT2D eigenvalue weighted by molar-refractivity contribution is 5.37. The van der Waals surface area contributed by atoms with Gasteiger partial charge in [-0.15, -0.1) is 0 Å². The van der Waals surface area contributed by atoms with Crippen LogP contribution in [0.2, 0.25) is 0 Å². The van der Waals surface area contributed by atoms with Gasteiger partial charge < -0.3 is 10.1 Å². The van der Waals surface area contributed by atoms with Crippen molar-refractivity contribution in [2.24, 2.45) is 0 Å². The zero-order chi connectivity index (χ0) is 13.0. The lowest BCUT2D eigenvalue weighted by Gasteiger charge is -2.07. The fraction of sp³-hybridized carbons (Fsp3) is 0.286. The molecule has 0 fully saturated rings. The monoisotopic (exact) mass is 243 g/mol. The summed E-state index contributed by atoms with van der Waals surface area (Å²) in [5, 5.41) is 3.29. The Morgan fingerprint density at radius 2 is 1.83 bits per heavy atom. The molecule has 1 aromatic heterocycles. The minimum Gasteiger partial charge on any atom is -0.497 e. The Morgan fingerprint density at radius 1 is 1.11 bits per heavy atom. The minimum atomic E-state index is 0.736. The van der Waals surface area contributed by atoms with Crippen LogP contribution in [0.1, 0.15) is 17.1 Å². The van der Waals surface area contributed by atoms with Gasteiger partial charge in [-0.1, -0.05) is 12.1 Å². The number of aromatic nitrogens is 2. The maximum atomic E-state index is 5.12. The molecule has 0 aliphatic heterocycles. The average molecular weight is 243 g/mol. The van der Waals surface area contributed by atoms with Gasteiger partial charge in [0.05, 0.1) is 7.11 Å². The van der Waals surface area contributed by atoms with Gasteiger partial charge in [0.25, 0.3) is 0 Å². The highest BCUT2D eigenvalue weighted by atomic mass is 16.5. The number of hydrogen-bond donors (Lipinski definition) is 1. The van der Waals surface area contributed by atoms with Gasteiger partial charge in [0.15, 0.2) is 0 Å². The lowest BCUT2D eigenvalue weighted by molar-refractivity contribution is 0.414. The second kappa shape index (κ2) is 5.49. The summed E-state index contributed by atoms with van der Waals surface area (Å²) in [6.07, 6.45) is 0. The maximum absolute atomic E-state index is 5.12. The van der Waals surface area contributed by atoms with Gasteiger partial charge >= 0.3 is 0 Å². The van der Waals surface area contributed by atoms with Crippen LogP contribution in [-0.4, -0.2) is 17.1 Å². The molecule has 94 valence electrons. The van der Waals surface area contributed by atoms with Crippen molar-refractivity contribution in [1.82, 2.24) is 9.97 Å². The fourth-order valence-electron chi connectivity index (χ4n) is 1.74. The van der Waals surface area contributed by atoms with Crippen molar-refractivity contribution in [2.75, 3.05) is 12.4 Å². The predicted octanol–water partition coefficient (Wildman–Crippen LogP) is 2.71. The van der Waals surface area contributed by atoms with E-state index in [2.05, 4.69) is 15.3 Å². The molecule has 0 spiro atoms. The van der Waals surface area contributed by atoms with E-state index >= 15 is 0 Å². The SMILES string of the molecule is COc1ccc(CNc2cc(C)nc(C)n2)cc1. The number of nitrogens with one attached hydrogen (secondary N) is 1. The summed E-state index contributed by atoms with van der Waals surface area (Å²) in [6.45, 7) is 4.60. The lowest BCUT2D eigenvalue weighted by atomic mass is 10.2. The summed E-state index contributed by atoms with van der Waals surface area (Å²) in [5.41, 5.74) is 2.16. The van der Waals surface area contributed by atoms with Crippen molar-refractivity contribution >= 4 is 5.82 Å². The highest BCUT2D eigenvalue weighted by Gasteiger charge is 1.99. The second-order valence-electron chi connectivity index (χ2n) is 4.14. The molecule has 2 aromatic rings. The topological polar surface area (TPSA) is 47.0 Å². The Labute approximate surface area is 107 Å². The van der Waals surface area contributed by atoms with Gasteiger partial charge in [-0.3, -0.25) is 0 Å². The standard InChI is InChI=1S/C14H17N3O/c1-10-8-14(17-11(2)16-10)15-9-12-4-6-13(18-3)7-5-12/h4-8H,9H2,1-3H3,(H,15,16,17). The van der Waals surface area contributed by atoms with E-state index < -0.39 is 0 Å². The Hall–Kier alpha value is -2.10. The molecule has 0 atom stereocenters. The number of methoxy groups -OCH3 is 1. The molecule has 4 nitrogen and oxygen atoms in total. The van der Waals surface area contributed by atoms with E-state index in [9.17, 15) is 0 Å². The molecule has 1 heterocycles. The van der Waals surface area contributed by atoms with E-state index in [0.717, 1.165) is 29.6 Å². The first-order chi connectivity index (χ1) is 8.67. The Kier molecular flexibility index (Phi) is 3.77. The molecule has 0 radical (unpaired) electrons. The molecular formula is C14H17N3O. The lowest BCUT2D eigenvalue weighted by Crippen LogP contribution is -2.03. The molecule has 1 aromatic carbocycles. The molecule has 0 unspecified atom stereocenters. The fourth-order valence-corrected chi connectivity index (χ4v) is 1.74. The molecule has 0 aliphatic carbocycles. The molecule has 18 heavy (non-hydrogen) atoms. The van der Waals surface area contributed by atoms with Crippen LogP contribution in [0.3, 0.4) is 0 Å². The first-order valence-corrected chi connectivity index (χ1v) is 5.86.